The summed E-state index contributed by atoms with van der Waals surface area (Å²) >= 11 is 1.40. The maximum Gasteiger partial charge on any atom is 0.192 e. The van der Waals surface area contributed by atoms with Crippen LogP contribution in [0.4, 0.5) is 4.39 Å². The summed E-state index contributed by atoms with van der Waals surface area (Å²) in [5.41, 5.74) is 2.51. The molecule has 20 heavy (non-hydrogen) atoms. The van der Waals surface area contributed by atoms with Gasteiger partial charge in [-0.1, -0.05) is 13.0 Å². The first-order valence-corrected chi connectivity index (χ1v) is 7.40. The largest absolute Gasteiger partial charge is 0.313 e. The first kappa shape index (κ1) is 14.9. The molecule has 106 valence electrons. The summed E-state index contributed by atoms with van der Waals surface area (Å²) in [6, 6.07) is 7.03. The van der Waals surface area contributed by atoms with Gasteiger partial charge in [-0.3, -0.25) is 0 Å². The number of benzene rings is 1. The molecule has 0 fully saturated rings. The lowest BCUT2D eigenvalue weighted by atomic mass is 10.2. The van der Waals surface area contributed by atoms with Crippen molar-refractivity contribution < 1.29 is 4.39 Å². The van der Waals surface area contributed by atoms with Crippen molar-refractivity contribution in [3.63, 3.8) is 0 Å². The highest BCUT2D eigenvalue weighted by Gasteiger charge is 2.11. The lowest BCUT2D eigenvalue weighted by molar-refractivity contribution is 0.585. The van der Waals surface area contributed by atoms with E-state index in [0.717, 1.165) is 22.8 Å². The summed E-state index contributed by atoms with van der Waals surface area (Å²) in [6.45, 7) is 7.18. The average Bonchev–Trinajstić information content (AvgIpc) is 2.37. The predicted octanol–water partition coefficient (Wildman–Crippen LogP) is 3.49. The average molecular weight is 291 g/mol. The second kappa shape index (κ2) is 6.81. The Morgan fingerprint density at radius 3 is 2.55 bits per heavy atom. The topological polar surface area (TPSA) is 37.8 Å². The minimum Gasteiger partial charge on any atom is -0.313 e. The molecule has 3 nitrogen and oxygen atoms in total. The van der Waals surface area contributed by atoms with Crippen LogP contribution in [0.5, 0.6) is 0 Å². The van der Waals surface area contributed by atoms with Crippen molar-refractivity contribution in [3.05, 3.63) is 47.0 Å². The van der Waals surface area contributed by atoms with Crippen molar-refractivity contribution in [2.45, 2.75) is 37.4 Å². The minimum atomic E-state index is -0.194. The van der Waals surface area contributed by atoms with Gasteiger partial charge in [-0.25, -0.2) is 14.4 Å². The van der Waals surface area contributed by atoms with E-state index in [1.54, 1.807) is 6.07 Å². The van der Waals surface area contributed by atoms with Crippen LogP contribution in [0.25, 0.3) is 0 Å². The second-order valence-corrected chi connectivity index (χ2v) is 5.54. The molecule has 0 unspecified atom stereocenters. The molecule has 1 N–H and O–H groups in total. The first-order valence-electron chi connectivity index (χ1n) is 6.58. The standard InChI is InChI=1S/C15H18FN3S/c1-4-17-9-12-13(16)6-5-7-14(12)20-15-18-10(2)8-11(3)19-15/h5-8,17H,4,9H2,1-3H3. The summed E-state index contributed by atoms with van der Waals surface area (Å²) < 4.78 is 13.9. The minimum absolute atomic E-state index is 0.194. The van der Waals surface area contributed by atoms with E-state index in [1.807, 2.05) is 32.9 Å². The van der Waals surface area contributed by atoms with Crippen molar-refractivity contribution in [2.75, 3.05) is 6.54 Å². The Kier molecular flexibility index (Phi) is 5.09. The molecule has 1 heterocycles. The molecule has 0 aliphatic rings. The Morgan fingerprint density at radius 1 is 1.20 bits per heavy atom. The number of rotatable bonds is 5. The van der Waals surface area contributed by atoms with Crippen LogP contribution in [0, 0.1) is 19.7 Å². The van der Waals surface area contributed by atoms with Crippen LogP contribution in [-0.4, -0.2) is 16.5 Å². The highest BCUT2D eigenvalue weighted by Crippen LogP contribution is 2.29. The van der Waals surface area contributed by atoms with Crippen molar-refractivity contribution in [3.8, 4) is 0 Å². The van der Waals surface area contributed by atoms with Crippen LogP contribution in [0.15, 0.2) is 34.3 Å². The van der Waals surface area contributed by atoms with Crippen LogP contribution in [0.3, 0.4) is 0 Å². The van der Waals surface area contributed by atoms with Crippen LogP contribution >= 0.6 is 11.8 Å². The van der Waals surface area contributed by atoms with E-state index < -0.39 is 0 Å². The number of nitrogens with one attached hydrogen (secondary N) is 1. The third kappa shape index (κ3) is 3.77. The zero-order chi connectivity index (χ0) is 14.5. The molecule has 0 radical (unpaired) electrons. The van der Waals surface area contributed by atoms with Crippen molar-refractivity contribution in [1.29, 1.82) is 0 Å². The van der Waals surface area contributed by atoms with Gasteiger partial charge in [-0.2, -0.15) is 0 Å². The lowest BCUT2D eigenvalue weighted by Crippen LogP contribution is -2.13. The molecular formula is C15H18FN3S. The Bertz CT molecular complexity index is 581. The van der Waals surface area contributed by atoms with Gasteiger partial charge in [-0.15, -0.1) is 0 Å². The quantitative estimate of drug-likeness (QED) is 0.856. The van der Waals surface area contributed by atoms with E-state index in [4.69, 9.17) is 0 Å². The number of nitrogens with zero attached hydrogens (tertiary/aromatic N) is 2. The second-order valence-electron chi connectivity index (χ2n) is 4.53. The first-order chi connectivity index (χ1) is 9.60. The molecule has 0 atom stereocenters. The molecular weight excluding hydrogens is 273 g/mol. The van der Waals surface area contributed by atoms with Gasteiger partial charge in [0, 0.05) is 28.4 Å². The number of hydrogen-bond acceptors (Lipinski definition) is 4. The monoisotopic (exact) mass is 291 g/mol. The van der Waals surface area contributed by atoms with E-state index in [0.29, 0.717) is 17.3 Å². The van der Waals surface area contributed by atoms with Gasteiger partial charge in [0.15, 0.2) is 5.16 Å². The van der Waals surface area contributed by atoms with E-state index >= 15 is 0 Å². The van der Waals surface area contributed by atoms with Crippen LogP contribution in [0.2, 0.25) is 0 Å². The Morgan fingerprint density at radius 2 is 1.90 bits per heavy atom. The molecule has 0 spiro atoms. The van der Waals surface area contributed by atoms with Gasteiger partial charge in [-0.05, 0) is 50.4 Å². The summed E-state index contributed by atoms with van der Waals surface area (Å²) in [5.74, 6) is -0.194. The van der Waals surface area contributed by atoms with E-state index in [1.165, 1.54) is 17.8 Å². The normalized spacial score (nSPS) is 10.8. The number of halogens is 1. The Hall–Kier alpha value is -1.46. The lowest BCUT2D eigenvalue weighted by Gasteiger charge is -2.10. The highest BCUT2D eigenvalue weighted by atomic mass is 32.2. The molecule has 0 bridgehead atoms. The summed E-state index contributed by atoms with van der Waals surface area (Å²) in [5, 5.41) is 3.82. The zero-order valence-corrected chi connectivity index (χ0v) is 12.7. The van der Waals surface area contributed by atoms with Crippen molar-refractivity contribution >= 4 is 11.8 Å². The molecule has 0 saturated heterocycles. The third-order valence-corrected chi connectivity index (χ3v) is 3.76. The van der Waals surface area contributed by atoms with Gasteiger partial charge in [0.25, 0.3) is 0 Å². The SMILES string of the molecule is CCNCc1c(F)cccc1Sc1nc(C)cc(C)n1. The van der Waals surface area contributed by atoms with Gasteiger partial charge >= 0.3 is 0 Å². The van der Waals surface area contributed by atoms with Gasteiger partial charge in [0.1, 0.15) is 5.82 Å². The predicted molar refractivity (Wildman–Crippen MR) is 79.4 cm³/mol. The van der Waals surface area contributed by atoms with Gasteiger partial charge in [0.05, 0.1) is 0 Å². The number of aryl methyl sites for hydroxylation is 2. The van der Waals surface area contributed by atoms with E-state index in [-0.39, 0.29) is 5.82 Å². The van der Waals surface area contributed by atoms with Crippen LogP contribution in [0.1, 0.15) is 23.9 Å². The zero-order valence-electron chi connectivity index (χ0n) is 11.9. The number of hydrogen-bond donors (Lipinski definition) is 1. The Balaban J connectivity index is 2.30. The Labute approximate surface area is 123 Å². The molecule has 0 saturated carbocycles. The maximum absolute atomic E-state index is 13.9. The molecule has 2 rings (SSSR count). The summed E-state index contributed by atoms with van der Waals surface area (Å²) in [6.07, 6.45) is 0. The molecule has 0 aliphatic carbocycles. The van der Waals surface area contributed by atoms with E-state index in [2.05, 4.69) is 15.3 Å². The molecule has 1 aromatic heterocycles. The molecule has 2 aromatic rings. The maximum atomic E-state index is 13.9. The third-order valence-electron chi connectivity index (χ3n) is 2.79. The van der Waals surface area contributed by atoms with Crippen molar-refractivity contribution in [2.24, 2.45) is 0 Å². The fourth-order valence-electron chi connectivity index (χ4n) is 1.89. The van der Waals surface area contributed by atoms with Crippen LogP contribution < -0.4 is 5.32 Å². The summed E-state index contributed by atoms with van der Waals surface area (Å²) in [7, 11) is 0. The van der Waals surface area contributed by atoms with Gasteiger partial charge in [0.2, 0.25) is 0 Å². The smallest absolute Gasteiger partial charge is 0.192 e. The van der Waals surface area contributed by atoms with E-state index in [9.17, 15) is 4.39 Å². The molecule has 5 heteroatoms. The highest BCUT2D eigenvalue weighted by molar-refractivity contribution is 7.99. The van der Waals surface area contributed by atoms with Gasteiger partial charge < -0.3 is 5.32 Å². The van der Waals surface area contributed by atoms with Crippen molar-refractivity contribution in [1.82, 2.24) is 15.3 Å². The molecule has 1 aromatic carbocycles. The molecule has 0 amide bonds. The van der Waals surface area contributed by atoms with Crippen LogP contribution in [-0.2, 0) is 6.54 Å². The fourth-order valence-corrected chi connectivity index (χ4v) is 2.91. The summed E-state index contributed by atoms with van der Waals surface area (Å²) in [4.78, 5) is 9.64. The fraction of sp³-hybridized carbons (Fsp3) is 0.333. The number of aromatic nitrogens is 2. The molecule has 0 aliphatic heterocycles.